The van der Waals surface area contributed by atoms with Crippen LogP contribution < -0.4 is 10.6 Å². The molecule has 1 aromatic heterocycles. The van der Waals surface area contributed by atoms with Crippen LogP contribution in [0.5, 0.6) is 0 Å². The van der Waals surface area contributed by atoms with Crippen LogP contribution in [0.25, 0.3) is 0 Å². The Morgan fingerprint density at radius 2 is 1.95 bits per heavy atom. The number of anilines is 1. The van der Waals surface area contributed by atoms with E-state index in [4.69, 9.17) is 0 Å². The molecule has 0 aliphatic carbocycles. The van der Waals surface area contributed by atoms with Gasteiger partial charge in [-0.25, -0.2) is 0 Å². The molecular weight excluding hydrogens is 240 g/mol. The van der Waals surface area contributed by atoms with Gasteiger partial charge < -0.3 is 10.6 Å². The maximum Gasteiger partial charge on any atom is 0.271 e. The summed E-state index contributed by atoms with van der Waals surface area (Å²) in [6.07, 6.45) is 3.17. The first kappa shape index (κ1) is 15.4. The molecule has 0 atom stereocenters. The van der Waals surface area contributed by atoms with E-state index in [0.717, 1.165) is 25.8 Å². The van der Waals surface area contributed by atoms with Crippen molar-refractivity contribution in [1.29, 1.82) is 0 Å². The summed E-state index contributed by atoms with van der Waals surface area (Å²) in [4.78, 5) is 11.9. The van der Waals surface area contributed by atoms with Crippen molar-refractivity contribution in [2.24, 2.45) is 5.92 Å². The third-order valence-corrected chi connectivity index (χ3v) is 3.16. The number of amides is 1. The van der Waals surface area contributed by atoms with Gasteiger partial charge in [0.05, 0.1) is 0 Å². The topological polar surface area (TPSA) is 66.9 Å². The van der Waals surface area contributed by atoms with Gasteiger partial charge in [0, 0.05) is 13.1 Å². The summed E-state index contributed by atoms with van der Waals surface area (Å²) in [7, 11) is 0. The monoisotopic (exact) mass is 264 g/mol. The summed E-state index contributed by atoms with van der Waals surface area (Å²) >= 11 is 0. The third kappa shape index (κ3) is 5.24. The molecule has 5 nitrogen and oxygen atoms in total. The SMILES string of the molecule is CCCNc1ccc(C(=O)NCC(CC)CC)nn1. The maximum atomic E-state index is 11.9. The second-order valence-corrected chi connectivity index (χ2v) is 4.62. The number of nitrogens with zero attached hydrogens (tertiary/aromatic N) is 2. The molecule has 0 spiro atoms. The molecule has 106 valence electrons. The lowest BCUT2D eigenvalue weighted by atomic mass is 10.0. The highest BCUT2D eigenvalue weighted by atomic mass is 16.1. The second-order valence-electron chi connectivity index (χ2n) is 4.62. The second kappa shape index (κ2) is 8.45. The van der Waals surface area contributed by atoms with Crippen molar-refractivity contribution in [3.05, 3.63) is 17.8 Å². The molecule has 1 rings (SSSR count). The first-order valence-corrected chi connectivity index (χ1v) is 7.07. The van der Waals surface area contributed by atoms with Crippen LogP contribution in [-0.4, -0.2) is 29.2 Å². The zero-order chi connectivity index (χ0) is 14.1. The van der Waals surface area contributed by atoms with Crippen LogP contribution in [0, 0.1) is 5.92 Å². The Morgan fingerprint density at radius 1 is 1.21 bits per heavy atom. The molecule has 0 saturated heterocycles. The van der Waals surface area contributed by atoms with Crippen molar-refractivity contribution in [2.45, 2.75) is 40.0 Å². The molecule has 0 radical (unpaired) electrons. The lowest BCUT2D eigenvalue weighted by Crippen LogP contribution is -2.29. The van der Waals surface area contributed by atoms with Crippen LogP contribution in [0.3, 0.4) is 0 Å². The molecular formula is C14H24N4O. The molecule has 1 amide bonds. The molecule has 0 aliphatic heterocycles. The molecule has 0 aromatic carbocycles. The van der Waals surface area contributed by atoms with Crippen molar-refractivity contribution in [2.75, 3.05) is 18.4 Å². The fraction of sp³-hybridized carbons (Fsp3) is 0.643. The number of rotatable bonds is 8. The summed E-state index contributed by atoms with van der Waals surface area (Å²) in [5.74, 6) is 1.09. The number of nitrogens with one attached hydrogen (secondary N) is 2. The van der Waals surface area contributed by atoms with Crippen molar-refractivity contribution < 1.29 is 4.79 Å². The number of carbonyl (C=O) groups is 1. The lowest BCUT2D eigenvalue weighted by Gasteiger charge is -2.12. The first-order chi connectivity index (χ1) is 9.21. The number of hydrogen-bond donors (Lipinski definition) is 2. The summed E-state index contributed by atoms with van der Waals surface area (Å²) < 4.78 is 0. The van der Waals surface area contributed by atoms with E-state index in [2.05, 4.69) is 41.6 Å². The molecule has 0 unspecified atom stereocenters. The minimum Gasteiger partial charge on any atom is -0.369 e. The average molecular weight is 264 g/mol. The average Bonchev–Trinajstić information content (AvgIpc) is 2.46. The molecule has 2 N–H and O–H groups in total. The Bertz CT molecular complexity index is 374. The van der Waals surface area contributed by atoms with E-state index in [1.807, 2.05) is 0 Å². The fourth-order valence-corrected chi connectivity index (χ4v) is 1.71. The zero-order valence-corrected chi connectivity index (χ0v) is 12.1. The van der Waals surface area contributed by atoms with Crippen LogP contribution in [-0.2, 0) is 0 Å². The van der Waals surface area contributed by atoms with E-state index in [9.17, 15) is 4.79 Å². The Kier molecular flexibility index (Phi) is 6.85. The molecule has 0 fully saturated rings. The van der Waals surface area contributed by atoms with Crippen molar-refractivity contribution in [3.8, 4) is 0 Å². The van der Waals surface area contributed by atoms with Gasteiger partial charge in [-0.3, -0.25) is 4.79 Å². The van der Waals surface area contributed by atoms with Gasteiger partial charge in [0.1, 0.15) is 5.82 Å². The summed E-state index contributed by atoms with van der Waals surface area (Å²) in [5, 5.41) is 13.9. The molecule has 0 bridgehead atoms. The highest BCUT2D eigenvalue weighted by Gasteiger charge is 2.10. The van der Waals surface area contributed by atoms with Crippen LogP contribution in [0.4, 0.5) is 5.82 Å². The predicted molar refractivity (Wildman–Crippen MR) is 77.2 cm³/mol. The first-order valence-electron chi connectivity index (χ1n) is 7.07. The smallest absolute Gasteiger partial charge is 0.271 e. The predicted octanol–water partition coefficient (Wildman–Crippen LogP) is 2.46. The quantitative estimate of drug-likeness (QED) is 0.757. The van der Waals surface area contributed by atoms with Crippen LogP contribution in [0.15, 0.2) is 12.1 Å². The molecule has 5 heteroatoms. The Hall–Kier alpha value is -1.65. The van der Waals surface area contributed by atoms with E-state index in [1.54, 1.807) is 12.1 Å². The van der Waals surface area contributed by atoms with Gasteiger partial charge in [-0.05, 0) is 24.5 Å². The normalized spacial score (nSPS) is 10.5. The van der Waals surface area contributed by atoms with E-state index < -0.39 is 0 Å². The van der Waals surface area contributed by atoms with Gasteiger partial charge >= 0.3 is 0 Å². The summed E-state index contributed by atoms with van der Waals surface area (Å²) in [6.45, 7) is 7.90. The molecule has 19 heavy (non-hydrogen) atoms. The Morgan fingerprint density at radius 3 is 2.47 bits per heavy atom. The van der Waals surface area contributed by atoms with E-state index in [1.165, 1.54) is 0 Å². The summed E-state index contributed by atoms with van der Waals surface area (Å²) in [6, 6.07) is 3.49. The van der Waals surface area contributed by atoms with Gasteiger partial charge in [-0.1, -0.05) is 33.6 Å². The Balaban J connectivity index is 2.48. The van der Waals surface area contributed by atoms with Gasteiger partial charge in [0.25, 0.3) is 5.91 Å². The van der Waals surface area contributed by atoms with Gasteiger partial charge in [0.2, 0.25) is 0 Å². The minimum atomic E-state index is -0.151. The van der Waals surface area contributed by atoms with E-state index in [0.29, 0.717) is 24.0 Å². The number of aromatic nitrogens is 2. The van der Waals surface area contributed by atoms with Gasteiger partial charge in [-0.2, -0.15) is 0 Å². The molecule has 1 heterocycles. The molecule has 0 aliphatic rings. The van der Waals surface area contributed by atoms with Crippen molar-refractivity contribution in [3.63, 3.8) is 0 Å². The lowest BCUT2D eigenvalue weighted by molar-refractivity contribution is 0.0940. The van der Waals surface area contributed by atoms with E-state index >= 15 is 0 Å². The number of carbonyl (C=O) groups excluding carboxylic acids is 1. The van der Waals surface area contributed by atoms with Crippen LogP contribution >= 0.6 is 0 Å². The zero-order valence-electron chi connectivity index (χ0n) is 12.1. The molecule has 0 saturated carbocycles. The number of hydrogen-bond acceptors (Lipinski definition) is 4. The van der Waals surface area contributed by atoms with Crippen molar-refractivity contribution in [1.82, 2.24) is 15.5 Å². The summed E-state index contributed by atoms with van der Waals surface area (Å²) in [5.41, 5.74) is 0.369. The minimum absolute atomic E-state index is 0.151. The van der Waals surface area contributed by atoms with Crippen LogP contribution in [0.1, 0.15) is 50.5 Å². The van der Waals surface area contributed by atoms with Crippen LogP contribution in [0.2, 0.25) is 0 Å². The highest BCUT2D eigenvalue weighted by Crippen LogP contribution is 2.06. The van der Waals surface area contributed by atoms with Gasteiger partial charge in [0.15, 0.2) is 5.69 Å². The fourth-order valence-electron chi connectivity index (χ4n) is 1.71. The maximum absolute atomic E-state index is 11.9. The van der Waals surface area contributed by atoms with Gasteiger partial charge in [-0.15, -0.1) is 10.2 Å². The van der Waals surface area contributed by atoms with Crippen molar-refractivity contribution >= 4 is 11.7 Å². The largest absolute Gasteiger partial charge is 0.369 e. The highest BCUT2D eigenvalue weighted by molar-refractivity contribution is 5.92. The Labute approximate surface area is 115 Å². The third-order valence-electron chi connectivity index (χ3n) is 3.16. The van der Waals surface area contributed by atoms with E-state index in [-0.39, 0.29) is 5.91 Å². The molecule has 1 aromatic rings. The standard InChI is InChI=1S/C14H24N4O/c1-4-9-15-13-8-7-12(17-18-13)14(19)16-10-11(5-2)6-3/h7-8,11H,4-6,9-10H2,1-3H3,(H,15,18)(H,16,19).